The van der Waals surface area contributed by atoms with E-state index in [9.17, 15) is 48.3 Å². The third-order valence-electron chi connectivity index (χ3n) is 19.5. The molecule has 11 rings (SSSR count). The predicted molar refractivity (Wildman–Crippen MR) is 342 cm³/mol. The normalized spacial score (nSPS) is 18.8. The summed E-state index contributed by atoms with van der Waals surface area (Å²) >= 11 is 0. The number of carbonyl (C=O) groups excluding carboxylic acids is 8. The summed E-state index contributed by atoms with van der Waals surface area (Å²) in [5.41, 5.74) is 10.2. The molecule has 4 atom stereocenters. The fraction of sp³-hybridized carbons (Fsp3) is 0.486. The number of likely N-dealkylation sites (tertiary alicyclic amines) is 1. The maximum Gasteiger partial charge on any atom is 0.343 e. The number of rotatable bonds is 23. The highest BCUT2D eigenvalue weighted by Gasteiger charge is 2.49. The van der Waals surface area contributed by atoms with E-state index in [0.29, 0.717) is 104 Å². The van der Waals surface area contributed by atoms with E-state index in [1.54, 1.807) is 43.6 Å². The molecule has 2 aliphatic carbocycles. The number of nitrogens with two attached hydrogens (primary N) is 1. The summed E-state index contributed by atoms with van der Waals surface area (Å²) in [4.78, 5) is 131. The molecule has 6 heterocycles. The summed E-state index contributed by atoms with van der Waals surface area (Å²) in [7, 11) is 0. The number of halogens is 1. The van der Waals surface area contributed by atoms with Crippen LogP contribution in [0.5, 0.6) is 0 Å². The number of nitrogens with one attached hydrogen (secondary N) is 5. The van der Waals surface area contributed by atoms with Crippen molar-refractivity contribution in [1.82, 2.24) is 41.0 Å². The molecule has 0 radical (unpaired) electrons. The van der Waals surface area contributed by atoms with Crippen LogP contribution in [0.2, 0.25) is 0 Å². The third kappa shape index (κ3) is 13.5. The Hall–Kier alpha value is -8.85. The second-order valence-corrected chi connectivity index (χ2v) is 25.9. The van der Waals surface area contributed by atoms with Crippen LogP contribution < -0.4 is 42.8 Å². The number of ether oxygens (including phenoxy) is 2. The number of hydrogen-bond donors (Lipinski definition) is 7. The molecular weight excluding hydrogens is 1190 g/mol. The van der Waals surface area contributed by atoms with Crippen molar-refractivity contribution in [3.63, 3.8) is 0 Å². The van der Waals surface area contributed by atoms with E-state index in [0.717, 1.165) is 40.8 Å². The summed E-state index contributed by atoms with van der Waals surface area (Å²) in [6.07, 6.45) is 5.07. The average Bonchev–Trinajstić information content (AvgIpc) is 1.62. The van der Waals surface area contributed by atoms with Gasteiger partial charge in [-0.1, -0.05) is 62.9 Å². The number of unbranched alkanes of at least 4 members (excludes halogenated alkanes) is 1. The van der Waals surface area contributed by atoms with Crippen molar-refractivity contribution in [1.29, 1.82) is 0 Å². The van der Waals surface area contributed by atoms with E-state index in [1.807, 2.05) is 48.5 Å². The fourth-order valence-corrected chi connectivity index (χ4v) is 14.2. The van der Waals surface area contributed by atoms with E-state index in [-0.39, 0.29) is 105 Å². The molecule has 0 unspecified atom stereocenters. The number of cyclic esters (lactones) is 1. The second kappa shape index (κ2) is 27.8. The Morgan fingerprint density at radius 2 is 1.58 bits per heavy atom. The Kier molecular flexibility index (Phi) is 19.6. The standard InChI is InChI=1S/C70H81FN10O12/c1-5-70(91)49-32-55-63-47(36-81(55)67(89)48(49)37-93-68(70)90)61-51(20-19-46-41(4)50(71)33-53(76-63)60(46)61)75-57(83)34-74-65(87)52(15-10-11-28-72)77-66(88)62(40(2)3)78-56(82)24-30-92-31-25-58(84)79-38-69(39-79)26-21-44(22-27-69)64(86)73-29-23-59(85)80-35-45-14-7-6-12-42(45)17-18-43-13-8-9-16-54(43)80/h6-9,12-14,16,32-33,40,44,51-52,62,91H,5,10-11,15,19-31,34-39,72H2,1-4H3,(H,73,86)(H,74,87)(H,75,83)(H,77,88)(H,78,82)/t51-,52-,62-,70-/m0/s1. The van der Waals surface area contributed by atoms with Crippen molar-refractivity contribution >= 4 is 63.9 Å². The van der Waals surface area contributed by atoms with Crippen LogP contribution in [0.1, 0.15) is 154 Å². The van der Waals surface area contributed by atoms with E-state index in [4.69, 9.17) is 20.2 Å². The van der Waals surface area contributed by atoms with Crippen molar-refractivity contribution < 1.29 is 57.3 Å². The number of fused-ring (bicyclic) bond motifs is 7. The van der Waals surface area contributed by atoms with Gasteiger partial charge in [-0.2, -0.15) is 0 Å². The summed E-state index contributed by atoms with van der Waals surface area (Å²) in [5, 5.41) is 26.4. The fourth-order valence-electron chi connectivity index (χ4n) is 14.2. The molecule has 22 nitrogen and oxygen atoms in total. The Morgan fingerprint density at radius 1 is 0.849 bits per heavy atom. The summed E-state index contributed by atoms with van der Waals surface area (Å²) in [6, 6.07) is 15.5. The molecule has 0 bridgehead atoms. The minimum absolute atomic E-state index is 0.00604. The first-order chi connectivity index (χ1) is 44.7. The molecule has 2 fully saturated rings. The molecule has 1 saturated heterocycles. The van der Waals surface area contributed by atoms with Crippen molar-refractivity contribution in [3.8, 4) is 23.2 Å². The van der Waals surface area contributed by atoms with E-state index < -0.39 is 77.2 Å². The molecule has 93 heavy (non-hydrogen) atoms. The predicted octanol–water partition coefficient (Wildman–Crippen LogP) is 4.77. The SMILES string of the molecule is CC[C@@]1(O)C(=O)OCc2c1cc1n(c2=O)Cc2c-1nc1cc(F)c(C)c3c1c2[C@@H](NC(=O)CNC(=O)[C@H](CCCCN)NC(=O)[C@@H](NC(=O)CCOCCC(=O)N1CC2(CCC(C(=O)NCCC(=O)N4Cc5ccccc5C#Cc5ccccc54)CC2)C1)C(C)C)CC3. The van der Waals surface area contributed by atoms with Gasteiger partial charge in [0.15, 0.2) is 5.60 Å². The number of para-hydroxylation sites is 1. The van der Waals surface area contributed by atoms with E-state index >= 15 is 4.39 Å². The van der Waals surface area contributed by atoms with Gasteiger partial charge < -0.3 is 61.3 Å². The molecule has 6 aliphatic rings. The maximum absolute atomic E-state index is 15.5. The molecule has 5 aromatic rings. The van der Waals surface area contributed by atoms with Crippen molar-refractivity contribution in [2.24, 2.45) is 23.0 Å². The highest BCUT2D eigenvalue weighted by molar-refractivity contribution is 5.97. The van der Waals surface area contributed by atoms with E-state index in [2.05, 4.69) is 38.4 Å². The van der Waals surface area contributed by atoms with Crippen molar-refractivity contribution in [2.45, 2.75) is 155 Å². The van der Waals surface area contributed by atoms with Crippen LogP contribution in [0, 0.1) is 41.8 Å². The minimum Gasteiger partial charge on any atom is -0.458 e. The van der Waals surface area contributed by atoms with Crippen LogP contribution in [0.25, 0.3) is 22.3 Å². The van der Waals surface area contributed by atoms with Crippen LogP contribution in [-0.4, -0.2) is 125 Å². The van der Waals surface area contributed by atoms with Crippen LogP contribution in [0.15, 0.2) is 65.5 Å². The van der Waals surface area contributed by atoms with Crippen LogP contribution in [0.4, 0.5) is 10.1 Å². The van der Waals surface area contributed by atoms with Gasteiger partial charge in [-0.3, -0.25) is 38.4 Å². The molecule has 1 spiro atoms. The number of aliphatic hydroxyl groups is 1. The minimum atomic E-state index is -2.06. The summed E-state index contributed by atoms with van der Waals surface area (Å²) in [5.74, 6) is 2.06. The van der Waals surface area contributed by atoms with Crippen LogP contribution in [-0.2, 0) is 79.5 Å². The topological polar surface area (TPSA) is 303 Å². The van der Waals surface area contributed by atoms with Gasteiger partial charge in [0.05, 0.1) is 73.5 Å². The zero-order chi connectivity index (χ0) is 65.9. The number of pyridine rings is 2. The highest BCUT2D eigenvalue weighted by Crippen LogP contribution is 2.48. The first-order valence-electron chi connectivity index (χ1n) is 32.5. The smallest absolute Gasteiger partial charge is 0.343 e. The van der Waals surface area contributed by atoms with Gasteiger partial charge in [0.1, 0.15) is 24.5 Å². The number of carbonyl (C=O) groups is 8. The second-order valence-electron chi connectivity index (χ2n) is 25.9. The number of nitrogens with zero attached hydrogens (tertiary/aromatic N) is 4. The van der Waals surface area contributed by atoms with Crippen molar-refractivity contribution in [2.75, 3.05) is 50.8 Å². The lowest BCUT2D eigenvalue weighted by Crippen LogP contribution is -2.60. The molecule has 8 N–H and O–H groups in total. The number of anilines is 1. The van der Waals surface area contributed by atoms with Gasteiger partial charge in [-0.15, -0.1) is 0 Å². The zero-order valence-electron chi connectivity index (χ0n) is 53.1. The largest absolute Gasteiger partial charge is 0.458 e. The van der Waals surface area contributed by atoms with Gasteiger partial charge in [0.2, 0.25) is 41.4 Å². The molecule has 3 aromatic carbocycles. The number of benzene rings is 3. The van der Waals surface area contributed by atoms with Gasteiger partial charge in [0, 0.05) is 77.5 Å². The number of aryl methyl sites for hydroxylation is 1. The molecule has 23 heteroatoms. The average molecular weight is 1270 g/mol. The van der Waals surface area contributed by atoms with Gasteiger partial charge in [-0.05, 0) is 130 Å². The Balaban J connectivity index is 0.615. The molecule has 7 amide bonds. The van der Waals surface area contributed by atoms with Crippen LogP contribution in [0.3, 0.4) is 0 Å². The Bertz CT molecular complexity index is 3950. The molecule has 2 aromatic heterocycles. The van der Waals surface area contributed by atoms with Gasteiger partial charge in [-0.25, -0.2) is 14.2 Å². The number of amides is 7. The summed E-state index contributed by atoms with van der Waals surface area (Å²) < 4.78 is 28.0. The summed E-state index contributed by atoms with van der Waals surface area (Å²) in [6.45, 7) is 8.27. The number of aromatic nitrogens is 2. The monoisotopic (exact) mass is 1270 g/mol. The lowest BCUT2D eigenvalue weighted by Gasteiger charge is -2.53. The number of esters is 1. The lowest BCUT2D eigenvalue weighted by molar-refractivity contribution is -0.172. The molecule has 1 saturated carbocycles. The van der Waals surface area contributed by atoms with Crippen molar-refractivity contribution in [3.05, 3.63) is 127 Å². The highest BCUT2D eigenvalue weighted by atomic mass is 19.1. The Morgan fingerprint density at radius 3 is 2.33 bits per heavy atom. The van der Waals surface area contributed by atoms with Crippen LogP contribution >= 0.6 is 0 Å². The number of hydrogen-bond acceptors (Lipinski definition) is 14. The molecule has 4 aliphatic heterocycles. The zero-order valence-corrected chi connectivity index (χ0v) is 53.1. The van der Waals surface area contributed by atoms with Gasteiger partial charge >= 0.3 is 5.97 Å². The first-order valence-corrected chi connectivity index (χ1v) is 32.5. The molecule has 490 valence electrons. The Labute approximate surface area is 538 Å². The maximum atomic E-state index is 15.5. The molecular formula is C70H81FN10O12. The third-order valence-corrected chi connectivity index (χ3v) is 19.5. The quantitative estimate of drug-likeness (QED) is 0.0258. The van der Waals surface area contributed by atoms with Gasteiger partial charge in [0.25, 0.3) is 5.56 Å². The first kappa shape index (κ1) is 65.6. The van der Waals surface area contributed by atoms with E-state index in [1.165, 1.54) is 10.6 Å². The lowest BCUT2D eigenvalue weighted by atomic mass is 9.65.